The summed E-state index contributed by atoms with van der Waals surface area (Å²) >= 11 is 0. The Labute approximate surface area is 203 Å². The van der Waals surface area contributed by atoms with Gasteiger partial charge in [0.25, 0.3) is 0 Å². The van der Waals surface area contributed by atoms with Crippen molar-refractivity contribution >= 4 is 39.8 Å². The summed E-state index contributed by atoms with van der Waals surface area (Å²) in [6, 6.07) is 15.4. The summed E-state index contributed by atoms with van der Waals surface area (Å²) in [5.74, 6) is 0.896. The van der Waals surface area contributed by atoms with Gasteiger partial charge in [0.15, 0.2) is 15.8 Å². The fourth-order valence-corrected chi connectivity index (χ4v) is 4.23. The van der Waals surface area contributed by atoms with Gasteiger partial charge in [0.05, 0.1) is 18.0 Å². The molecule has 3 rings (SSSR count). The molecule has 8 heteroatoms. The molecule has 1 N–H and O–H groups in total. The summed E-state index contributed by atoms with van der Waals surface area (Å²) in [7, 11) is -3.16. The van der Waals surface area contributed by atoms with Gasteiger partial charge in [-0.25, -0.2) is 8.42 Å². The second kappa shape index (κ2) is 11.8. The van der Waals surface area contributed by atoms with E-state index in [1.54, 1.807) is 12.1 Å². The molecule has 0 amide bonds. The molecule has 1 unspecified atom stereocenters. The molecule has 0 aromatic heterocycles. The quantitative estimate of drug-likeness (QED) is 0.334. The number of hydrogen-bond acceptors (Lipinski definition) is 4. The number of sulfone groups is 1. The highest BCUT2D eigenvalue weighted by atomic mass is 127. The second-order valence-corrected chi connectivity index (χ2v) is 9.58. The third kappa shape index (κ3) is 7.18. The zero-order valence-corrected chi connectivity index (χ0v) is 21.5. The minimum atomic E-state index is -3.16. The Morgan fingerprint density at radius 1 is 1.19 bits per heavy atom. The van der Waals surface area contributed by atoms with Crippen LogP contribution in [0, 0.1) is 6.92 Å². The fraction of sp³-hybridized carbons (Fsp3) is 0.435. The number of aryl methyl sites for hydroxylation is 1. The van der Waals surface area contributed by atoms with E-state index in [1.807, 2.05) is 18.2 Å². The Bertz CT molecular complexity index is 978. The lowest BCUT2D eigenvalue weighted by Gasteiger charge is -2.35. The van der Waals surface area contributed by atoms with Gasteiger partial charge in [-0.05, 0) is 49.1 Å². The normalized spacial score (nSPS) is 17.2. The van der Waals surface area contributed by atoms with Crippen molar-refractivity contribution in [2.75, 3.05) is 39.0 Å². The Morgan fingerprint density at radius 2 is 1.90 bits per heavy atom. The number of ether oxygens (including phenoxy) is 1. The summed E-state index contributed by atoms with van der Waals surface area (Å²) in [6.07, 6.45) is 2.01. The molecule has 31 heavy (non-hydrogen) atoms. The third-order valence-corrected chi connectivity index (χ3v) is 6.38. The van der Waals surface area contributed by atoms with Crippen molar-refractivity contribution in [2.24, 2.45) is 4.99 Å². The van der Waals surface area contributed by atoms with E-state index in [4.69, 9.17) is 9.73 Å². The average molecular weight is 557 g/mol. The lowest BCUT2D eigenvalue weighted by molar-refractivity contribution is -0.00832. The molecule has 0 spiro atoms. The molecule has 2 aromatic rings. The van der Waals surface area contributed by atoms with Crippen molar-refractivity contribution < 1.29 is 13.2 Å². The minimum absolute atomic E-state index is 0. The van der Waals surface area contributed by atoms with Crippen LogP contribution in [0.3, 0.4) is 0 Å². The first-order valence-electron chi connectivity index (χ1n) is 10.4. The SMILES string of the molecule is CCNC(=NCCc1ccc(S(C)(=O)=O)cc1)N1CCOC(c2ccccc2C)C1.I. The number of hydrogen-bond donors (Lipinski definition) is 1. The van der Waals surface area contributed by atoms with E-state index < -0.39 is 9.84 Å². The molecule has 1 aliphatic rings. The van der Waals surface area contributed by atoms with E-state index in [9.17, 15) is 8.42 Å². The molecule has 170 valence electrons. The number of nitrogens with zero attached hydrogens (tertiary/aromatic N) is 2. The molecular formula is C23H32IN3O3S. The van der Waals surface area contributed by atoms with Crippen molar-refractivity contribution in [3.8, 4) is 0 Å². The van der Waals surface area contributed by atoms with Crippen molar-refractivity contribution in [1.29, 1.82) is 0 Å². The van der Waals surface area contributed by atoms with Crippen LogP contribution in [-0.2, 0) is 21.0 Å². The van der Waals surface area contributed by atoms with Crippen molar-refractivity contribution in [3.63, 3.8) is 0 Å². The van der Waals surface area contributed by atoms with Crippen LogP contribution in [0.4, 0.5) is 0 Å². The highest BCUT2D eigenvalue weighted by molar-refractivity contribution is 14.0. The van der Waals surface area contributed by atoms with Crippen LogP contribution < -0.4 is 5.32 Å². The lowest BCUT2D eigenvalue weighted by Crippen LogP contribution is -2.48. The van der Waals surface area contributed by atoms with Gasteiger partial charge in [-0.15, -0.1) is 24.0 Å². The van der Waals surface area contributed by atoms with E-state index in [0.717, 1.165) is 37.6 Å². The van der Waals surface area contributed by atoms with Crippen LogP contribution in [0.25, 0.3) is 0 Å². The maximum atomic E-state index is 11.6. The highest BCUT2D eigenvalue weighted by Crippen LogP contribution is 2.25. The number of benzene rings is 2. The van der Waals surface area contributed by atoms with Crippen LogP contribution in [0.15, 0.2) is 58.4 Å². The first kappa shape index (κ1) is 25.6. The smallest absolute Gasteiger partial charge is 0.194 e. The highest BCUT2D eigenvalue weighted by Gasteiger charge is 2.25. The summed E-state index contributed by atoms with van der Waals surface area (Å²) in [5, 5.41) is 3.40. The standard InChI is InChI=1S/C23H31N3O3S.HI/c1-4-24-23(25-14-13-19-9-11-20(12-10-19)30(3,27)28)26-15-16-29-22(17-26)21-8-6-5-7-18(21)2;/h5-12,22H,4,13-17H2,1-3H3,(H,24,25);1H. The van der Waals surface area contributed by atoms with Crippen molar-refractivity contribution in [1.82, 2.24) is 10.2 Å². The Kier molecular flexibility index (Phi) is 9.77. The molecule has 2 aromatic carbocycles. The molecule has 0 saturated carbocycles. The molecule has 1 aliphatic heterocycles. The predicted octanol–water partition coefficient (Wildman–Crippen LogP) is 3.60. The molecule has 1 fully saturated rings. The number of aliphatic imine (C=N–C) groups is 1. The van der Waals surface area contributed by atoms with Crippen LogP contribution in [0.2, 0.25) is 0 Å². The van der Waals surface area contributed by atoms with Gasteiger partial charge in [-0.3, -0.25) is 4.99 Å². The van der Waals surface area contributed by atoms with Gasteiger partial charge in [-0.1, -0.05) is 36.4 Å². The van der Waals surface area contributed by atoms with Gasteiger partial charge >= 0.3 is 0 Å². The maximum Gasteiger partial charge on any atom is 0.194 e. The van der Waals surface area contributed by atoms with Crippen molar-refractivity contribution in [3.05, 3.63) is 65.2 Å². The van der Waals surface area contributed by atoms with Crippen molar-refractivity contribution in [2.45, 2.75) is 31.3 Å². The molecule has 6 nitrogen and oxygen atoms in total. The van der Waals surface area contributed by atoms with Crippen LogP contribution in [0.1, 0.15) is 29.7 Å². The second-order valence-electron chi connectivity index (χ2n) is 7.56. The molecule has 1 saturated heterocycles. The van der Waals surface area contributed by atoms with Gasteiger partial charge in [0, 0.05) is 25.9 Å². The number of nitrogens with one attached hydrogen (secondary N) is 1. The predicted molar refractivity (Wildman–Crippen MR) is 136 cm³/mol. The van der Waals surface area contributed by atoms with E-state index >= 15 is 0 Å². The number of halogens is 1. The summed E-state index contributed by atoms with van der Waals surface area (Å²) in [6.45, 7) is 7.85. The van der Waals surface area contributed by atoms with E-state index in [0.29, 0.717) is 18.0 Å². The Hall–Kier alpha value is -1.65. The molecule has 1 atom stereocenters. The fourth-order valence-electron chi connectivity index (χ4n) is 3.60. The van der Waals surface area contributed by atoms with Gasteiger partial charge in [0.1, 0.15) is 6.10 Å². The van der Waals surface area contributed by atoms with Crippen LogP contribution in [0.5, 0.6) is 0 Å². The first-order chi connectivity index (χ1) is 14.4. The largest absolute Gasteiger partial charge is 0.370 e. The molecule has 1 heterocycles. The lowest BCUT2D eigenvalue weighted by atomic mass is 10.0. The molecule has 0 radical (unpaired) electrons. The Balaban J connectivity index is 0.00000341. The van der Waals surface area contributed by atoms with Gasteiger partial charge in [0.2, 0.25) is 0 Å². The average Bonchev–Trinajstić information content (AvgIpc) is 2.73. The number of morpholine rings is 1. The monoisotopic (exact) mass is 557 g/mol. The number of rotatable bonds is 6. The molecule has 0 bridgehead atoms. The zero-order valence-electron chi connectivity index (χ0n) is 18.4. The van der Waals surface area contributed by atoms with Crippen LogP contribution >= 0.6 is 24.0 Å². The van der Waals surface area contributed by atoms with Gasteiger partial charge < -0.3 is 15.0 Å². The topological polar surface area (TPSA) is 71.0 Å². The zero-order chi connectivity index (χ0) is 21.6. The third-order valence-electron chi connectivity index (χ3n) is 5.25. The first-order valence-corrected chi connectivity index (χ1v) is 12.3. The van der Waals surface area contributed by atoms with E-state index in [2.05, 4.69) is 42.3 Å². The summed E-state index contributed by atoms with van der Waals surface area (Å²) in [4.78, 5) is 7.42. The Morgan fingerprint density at radius 3 is 2.55 bits per heavy atom. The summed E-state index contributed by atoms with van der Waals surface area (Å²) < 4.78 is 29.2. The van der Waals surface area contributed by atoms with Crippen LogP contribution in [-0.4, -0.2) is 58.3 Å². The van der Waals surface area contributed by atoms with E-state index in [1.165, 1.54) is 17.4 Å². The molecule has 0 aliphatic carbocycles. The van der Waals surface area contributed by atoms with E-state index in [-0.39, 0.29) is 30.1 Å². The maximum absolute atomic E-state index is 11.6. The van der Waals surface area contributed by atoms with Gasteiger partial charge in [-0.2, -0.15) is 0 Å². The number of guanidine groups is 1. The molecular weight excluding hydrogens is 525 g/mol. The summed E-state index contributed by atoms with van der Waals surface area (Å²) in [5.41, 5.74) is 3.54. The minimum Gasteiger partial charge on any atom is -0.370 e.